The summed E-state index contributed by atoms with van der Waals surface area (Å²) in [6.45, 7) is 7.87. The average molecular weight is 356 g/mol. The van der Waals surface area contributed by atoms with Crippen molar-refractivity contribution in [2.24, 2.45) is 0 Å². The van der Waals surface area contributed by atoms with Crippen molar-refractivity contribution >= 4 is 11.6 Å². The first-order chi connectivity index (χ1) is 12.3. The zero-order chi connectivity index (χ0) is 19.4. The van der Waals surface area contributed by atoms with Crippen LogP contribution in [0.4, 0.5) is 5.69 Å². The SMILES string of the molecule is COc1ccc(C(=O)N(C(C)C)C(C)C)c(-c2cccc([N+](=O)[O-])c2)c1. The fourth-order valence-corrected chi connectivity index (χ4v) is 3.07. The number of carbonyl (C=O) groups excluding carboxylic acids is 1. The maximum atomic E-state index is 13.2. The lowest BCUT2D eigenvalue weighted by Gasteiger charge is -2.31. The van der Waals surface area contributed by atoms with Gasteiger partial charge in [-0.05, 0) is 57.0 Å². The minimum atomic E-state index is -0.445. The Kier molecular flexibility index (Phi) is 5.97. The molecule has 0 saturated heterocycles. The third-order valence-electron chi connectivity index (χ3n) is 4.17. The third kappa shape index (κ3) is 4.02. The topological polar surface area (TPSA) is 72.7 Å². The Morgan fingerprint density at radius 1 is 1.08 bits per heavy atom. The monoisotopic (exact) mass is 356 g/mol. The fraction of sp³-hybridized carbons (Fsp3) is 0.350. The molecule has 1 amide bonds. The number of rotatable bonds is 6. The van der Waals surface area contributed by atoms with Crippen molar-refractivity contribution in [3.05, 3.63) is 58.1 Å². The van der Waals surface area contributed by atoms with Crippen LogP contribution in [-0.4, -0.2) is 34.9 Å². The number of methoxy groups -OCH3 is 1. The van der Waals surface area contributed by atoms with Gasteiger partial charge in [0.15, 0.2) is 0 Å². The number of amides is 1. The molecule has 0 unspecified atom stereocenters. The van der Waals surface area contributed by atoms with Gasteiger partial charge in [-0.3, -0.25) is 14.9 Å². The van der Waals surface area contributed by atoms with Crippen molar-refractivity contribution in [3.63, 3.8) is 0 Å². The lowest BCUT2D eigenvalue weighted by Crippen LogP contribution is -2.42. The summed E-state index contributed by atoms with van der Waals surface area (Å²) in [5, 5.41) is 11.1. The summed E-state index contributed by atoms with van der Waals surface area (Å²) in [5.41, 5.74) is 1.69. The van der Waals surface area contributed by atoms with E-state index >= 15 is 0 Å². The van der Waals surface area contributed by atoms with Crippen LogP contribution in [0, 0.1) is 10.1 Å². The quantitative estimate of drug-likeness (QED) is 0.563. The van der Waals surface area contributed by atoms with Crippen molar-refractivity contribution in [2.75, 3.05) is 7.11 Å². The Morgan fingerprint density at radius 3 is 2.27 bits per heavy atom. The van der Waals surface area contributed by atoms with E-state index in [1.807, 2.05) is 27.7 Å². The van der Waals surface area contributed by atoms with Gasteiger partial charge < -0.3 is 9.64 Å². The summed E-state index contributed by atoms with van der Waals surface area (Å²) in [6, 6.07) is 11.5. The van der Waals surface area contributed by atoms with Crippen LogP contribution in [0.2, 0.25) is 0 Å². The lowest BCUT2D eigenvalue weighted by molar-refractivity contribution is -0.384. The molecule has 2 rings (SSSR count). The van der Waals surface area contributed by atoms with Gasteiger partial charge in [-0.25, -0.2) is 0 Å². The van der Waals surface area contributed by atoms with Crippen LogP contribution in [0.5, 0.6) is 5.75 Å². The normalized spacial score (nSPS) is 10.9. The van der Waals surface area contributed by atoms with Crippen molar-refractivity contribution in [1.29, 1.82) is 0 Å². The molecule has 2 aromatic carbocycles. The number of hydrogen-bond donors (Lipinski definition) is 0. The van der Waals surface area contributed by atoms with E-state index in [9.17, 15) is 14.9 Å². The maximum Gasteiger partial charge on any atom is 0.270 e. The largest absolute Gasteiger partial charge is 0.497 e. The van der Waals surface area contributed by atoms with E-state index in [-0.39, 0.29) is 23.7 Å². The Morgan fingerprint density at radius 2 is 1.73 bits per heavy atom. The fourth-order valence-electron chi connectivity index (χ4n) is 3.07. The first-order valence-electron chi connectivity index (χ1n) is 8.51. The van der Waals surface area contributed by atoms with Crippen molar-refractivity contribution in [2.45, 2.75) is 39.8 Å². The summed E-state index contributed by atoms with van der Waals surface area (Å²) in [7, 11) is 1.54. The molecule has 2 aromatic rings. The van der Waals surface area contributed by atoms with E-state index in [1.165, 1.54) is 12.1 Å². The second-order valence-electron chi connectivity index (χ2n) is 6.62. The van der Waals surface area contributed by atoms with E-state index in [0.717, 1.165) is 0 Å². The number of non-ortho nitro benzene ring substituents is 1. The van der Waals surface area contributed by atoms with Gasteiger partial charge in [0.25, 0.3) is 11.6 Å². The number of benzene rings is 2. The third-order valence-corrected chi connectivity index (χ3v) is 4.17. The van der Waals surface area contributed by atoms with E-state index in [4.69, 9.17) is 4.74 Å². The average Bonchev–Trinajstić information content (AvgIpc) is 2.60. The molecular weight excluding hydrogens is 332 g/mol. The molecule has 0 N–H and O–H groups in total. The highest BCUT2D eigenvalue weighted by Crippen LogP contribution is 2.31. The van der Waals surface area contributed by atoms with Crippen LogP contribution in [0.25, 0.3) is 11.1 Å². The molecule has 0 saturated carbocycles. The molecule has 0 aliphatic carbocycles. The van der Waals surface area contributed by atoms with Crippen molar-refractivity contribution in [3.8, 4) is 16.9 Å². The molecule has 0 spiro atoms. The summed E-state index contributed by atoms with van der Waals surface area (Å²) < 4.78 is 5.29. The standard InChI is InChI=1S/C20H24N2O4/c1-13(2)21(14(3)4)20(23)18-10-9-17(26-5)12-19(18)15-7-6-8-16(11-15)22(24)25/h6-14H,1-5H3. The summed E-state index contributed by atoms with van der Waals surface area (Å²) in [4.78, 5) is 25.7. The van der Waals surface area contributed by atoms with E-state index in [2.05, 4.69) is 0 Å². The zero-order valence-corrected chi connectivity index (χ0v) is 15.7. The number of nitrogens with zero attached hydrogens (tertiary/aromatic N) is 2. The molecule has 0 radical (unpaired) electrons. The molecule has 26 heavy (non-hydrogen) atoms. The first kappa shape index (κ1) is 19.4. The minimum Gasteiger partial charge on any atom is -0.497 e. The molecule has 0 aliphatic rings. The van der Waals surface area contributed by atoms with E-state index in [1.54, 1.807) is 42.3 Å². The Balaban J connectivity index is 2.63. The number of nitro benzene ring substituents is 1. The second kappa shape index (κ2) is 7.99. The molecule has 0 atom stereocenters. The molecular formula is C20H24N2O4. The van der Waals surface area contributed by atoms with Gasteiger partial charge in [0.2, 0.25) is 0 Å². The molecule has 0 fully saturated rings. The number of carbonyl (C=O) groups is 1. The van der Waals surface area contributed by atoms with E-state index < -0.39 is 4.92 Å². The van der Waals surface area contributed by atoms with Gasteiger partial charge in [0.1, 0.15) is 5.75 Å². The lowest BCUT2D eigenvalue weighted by atomic mass is 9.97. The van der Waals surface area contributed by atoms with Crippen LogP contribution >= 0.6 is 0 Å². The van der Waals surface area contributed by atoms with Gasteiger partial charge in [-0.1, -0.05) is 12.1 Å². The summed E-state index contributed by atoms with van der Waals surface area (Å²) in [5.74, 6) is 0.475. The van der Waals surface area contributed by atoms with Crippen LogP contribution in [0.3, 0.4) is 0 Å². The van der Waals surface area contributed by atoms with Crippen molar-refractivity contribution < 1.29 is 14.5 Å². The molecule has 0 aromatic heterocycles. The summed E-state index contributed by atoms with van der Waals surface area (Å²) >= 11 is 0. The van der Waals surface area contributed by atoms with Gasteiger partial charge in [0, 0.05) is 29.8 Å². The molecule has 6 heteroatoms. The smallest absolute Gasteiger partial charge is 0.270 e. The van der Waals surface area contributed by atoms with Crippen LogP contribution in [0.1, 0.15) is 38.1 Å². The Bertz CT molecular complexity index is 807. The van der Waals surface area contributed by atoms with Gasteiger partial charge >= 0.3 is 0 Å². The number of nitro groups is 1. The van der Waals surface area contributed by atoms with Crippen LogP contribution in [0.15, 0.2) is 42.5 Å². The van der Waals surface area contributed by atoms with E-state index in [0.29, 0.717) is 22.4 Å². The molecule has 6 nitrogen and oxygen atoms in total. The van der Waals surface area contributed by atoms with Gasteiger partial charge in [-0.2, -0.15) is 0 Å². The molecule has 0 aliphatic heterocycles. The summed E-state index contributed by atoms with van der Waals surface area (Å²) in [6.07, 6.45) is 0. The van der Waals surface area contributed by atoms with Gasteiger partial charge in [-0.15, -0.1) is 0 Å². The Labute approximate surface area is 153 Å². The van der Waals surface area contributed by atoms with Crippen LogP contribution < -0.4 is 4.74 Å². The number of hydrogen-bond acceptors (Lipinski definition) is 4. The Hall–Kier alpha value is -2.89. The number of ether oxygens (including phenoxy) is 1. The first-order valence-corrected chi connectivity index (χ1v) is 8.51. The van der Waals surface area contributed by atoms with Crippen LogP contribution in [-0.2, 0) is 0 Å². The zero-order valence-electron chi connectivity index (χ0n) is 15.7. The highest BCUT2D eigenvalue weighted by atomic mass is 16.6. The minimum absolute atomic E-state index is 0.0201. The molecule has 0 bridgehead atoms. The van der Waals surface area contributed by atoms with Crippen molar-refractivity contribution in [1.82, 2.24) is 4.90 Å². The highest BCUT2D eigenvalue weighted by molar-refractivity contribution is 6.01. The predicted molar refractivity (Wildman–Crippen MR) is 102 cm³/mol. The van der Waals surface area contributed by atoms with Gasteiger partial charge in [0.05, 0.1) is 12.0 Å². The highest BCUT2D eigenvalue weighted by Gasteiger charge is 2.25. The second-order valence-corrected chi connectivity index (χ2v) is 6.62. The molecule has 138 valence electrons. The molecule has 0 heterocycles. The maximum absolute atomic E-state index is 13.2. The predicted octanol–water partition coefficient (Wildman–Crippen LogP) is 4.53.